The van der Waals surface area contributed by atoms with E-state index >= 15 is 0 Å². The van der Waals surface area contributed by atoms with E-state index in [2.05, 4.69) is 10.4 Å². The monoisotopic (exact) mass is 410 g/mol. The van der Waals surface area contributed by atoms with Crippen LogP contribution >= 0.6 is 0 Å². The largest absolute Gasteiger partial charge is 0.306 e. The summed E-state index contributed by atoms with van der Waals surface area (Å²) in [6.45, 7) is 3.52. The van der Waals surface area contributed by atoms with Crippen LogP contribution in [0.3, 0.4) is 0 Å². The van der Waals surface area contributed by atoms with Crippen molar-refractivity contribution in [2.45, 2.75) is 25.4 Å². The highest BCUT2D eigenvalue weighted by Gasteiger charge is 2.29. The molecule has 0 radical (unpaired) electrons. The third-order valence-electron chi connectivity index (χ3n) is 4.93. The number of aromatic nitrogens is 2. The first-order valence-electron chi connectivity index (χ1n) is 8.93. The number of nitro benzene ring substituents is 1. The number of nitro groups is 1. The number of fused-ring (bicyclic) bond motifs is 1. The summed E-state index contributed by atoms with van der Waals surface area (Å²) >= 11 is 0. The Labute approximate surface area is 169 Å². The molecular formula is C20H18N4O4S. The number of carbonyl (C=O) groups is 1. The molecule has 148 valence electrons. The van der Waals surface area contributed by atoms with Gasteiger partial charge in [0.1, 0.15) is 5.82 Å². The van der Waals surface area contributed by atoms with Gasteiger partial charge in [-0.2, -0.15) is 5.10 Å². The van der Waals surface area contributed by atoms with Crippen molar-refractivity contribution in [3.63, 3.8) is 0 Å². The SMILES string of the molecule is Cc1ccc(-n2nc3c(c2NC(=O)c2cccc([N+](=O)[O-])c2C)CS(=O)C3)cc1. The fourth-order valence-electron chi connectivity index (χ4n) is 3.37. The molecule has 1 unspecified atom stereocenters. The van der Waals surface area contributed by atoms with Crippen LogP contribution in [0.2, 0.25) is 0 Å². The molecule has 1 amide bonds. The molecule has 0 spiro atoms. The van der Waals surface area contributed by atoms with Crippen LogP contribution in [0.1, 0.15) is 32.7 Å². The van der Waals surface area contributed by atoms with Crippen LogP contribution in [-0.2, 0) is 22.3 Å². The Morgan fingerprint density at radius 2 is 1.90 bits per heavy atom. The Balaban J connectivity index is 1.76. The second kappa shape index (κ2) is 7.25. The van der Waals surface area contributed by atoms with Crippen LogP contribution < -0.4 is 5.32 Å². The predicted octanol–water partition coefficient (Wildman–Crippen LogP) is 3.41. The van der Waals surface area contributed by atoms with Gasteiger partial charge in [0.05, 0.1) is 27.8 Å². The van der Waals surface area contributed by atoms with Gasteiger partial charge in [-0.1, -0.05) is 23.8 Å². The molecule has 8 nitrogen and oxygen atoms in total. The predicted molar refractivity (Wildman–Crippen MR) is 110 cm³/mol. The minimum absolute atomic E-state index is 0.115. The average molecular weight is 410 g/mol. The maximum atomic E-state index is 13.0. The zero-order valence-electron chi connectivity index (χ0n) is 15.8. The van der Waals surface area contributed by atoms with Gasteiger partial charge < -0.3 is 5.32 Å². The van der Waals surface area contributed by atoms with E-state index in [0.29, 0.717) is 23.0 Å². The number of rotatable bonds is 4. The maximum Gasteiger partial charge on any atom is 0.273 e. The molecule has 0 fully saturated rings. The molecule has 4 rings (SSSR count). The third-order valence-corrected chi connectivity index (χ3v) is 6.13. The Morgan fingerprint density at radius 3 is 2.59 bits per heavy atom. The average Bonchev–Trinajstić information content (AvgIpc) is 3.19. The summed E-state index contributed by atoms with van der Waals surface area (Å²) in [6, 6.07) is 12.1. The van der Waals surface area contributed by atoms with E-state index in [4.69, 9.17) is 0 Å². The highest BCUT2D eigenvalue weighted by atomic mass is 32.2. The molecule has 2 heterocycles. The molecular weight excluding hydrogens is 392 g/mol. The van der Waals surface area contributed by atoms with Gasteiger partial charge >= 0.3 is 0 Å². The van der Waals surface area contributed by atoms with Crippen LogP contribution in [0.5, 0.6) is 0 Å². The van der Waals surface area contributed by atoms with Crippen LogP contribution in [0.25, 0.3) is 5.69 Å². The van der Waals surface area contributed by atoms with Crippen molar-refractivity contribution in [3.8, 4) is 5.69 Å². The van der Waals surface area contributed by atoms with E-state index < -0.39 is 21.6 Å². The molecule has 0 saturated carbocycles. The summed E-state index contributed by atoms with van der Waals surface area (Å²) in [7, 11) is -1.06. The van der Waals surface area contributed by atoms with E-state index in [1.54, 1.807) is 17.7 Å². The van der Waals surface area contributed by atoms with Crippen molar-refractivity contribution in [1.29, 1.82) is 0 Å². The Morgan fingerprint density at radius 1 is 1.17 bits per heavy atom. The second-order valence-electron chi connectivity index (χ2n) is 6.91. The summed E-state index contributed by atoms with van der Waals surface area (Å²) in [5, 5.41) is 18.6. The summed E-state index contributed by atoms with van der Waals surface area (Å²) in [5.74, 6) is 0.628. The molecule has 0 saturated heterocycles. The fourth-order valence-corrected chi connectivity index (χ4v) is 4.64. The zero-order valence-corrected chi connectivity index (χ0v) is 16.7. The van der Waals surface area contributed by atoms with E-state index in [-0.39, 0.29) is 16.8 Å². The van der Waals surface area contributed by atoms with Crippen LogP contribution in [0.4, 0.5) is 11.5 Å². The molecule has 0 bridgehead atoms. The van der Waals surface area contributed by atoms with Crippen molar-refractivity contribution in [3.05, 3.63) is 80.5 Å². The fraction of sp³-hybridized carbons (Fsp3) is 0.200. The number of anilines is 1. The van der Waals surface area contributed by atoms with E-state index in [1.165, 1.54) is 12.1 Å². The summed E-state index contributed by atoms with van der Waals surface area (Å²) in [6.07, 6.45) is 0. The smallest absolute Gasteiger partial charge is 0.273 e. The van der Waals surface area contributed by atoms with Gasteiger partial charge in [-0.15, -0.1) is 0 Å². The Kier molecular flexibility index (Phi) is 4.75. The first-order chi connectivity index (χ1) is 13.8. The molecule has 29 heavy (non-hydrogen) atoms. The lowest BCUT2D eigenvalue weighted by atomic mass is 10.1. The lowest BCUT2D eigenvalue weighted by Crippen LogP contribution is -2.18. The van der Waals surface area contributed by atoms with Gasteiger partial charge in [0.25, 0.3) is 11.6 Å². The molecule has 1 aliphatic rings. The van der Waals surface area contributed by atoms with E-state index in [9.17, 15) is 19.1 Å². The van der Waals surface area contributed by atoms with Crippen molar-refractivity contribution >= 4 is 28.2 Å². The van der Waals surface area contributed by atoms with E-state index in [1.807, 2.05) is 31.2 Å². The summed E-state index contributed by atoms with van der Waals surface area (Å²) < 4.78 is 13.6. The number of nitrogens with zero attached hydrogens (tertiary/aromatic N) is 3. The zero-order chi connectivity index (χ0) is 20.7. The van der Waals surface area contributed by atoms with Gasteiger partial charge in [-0.05, 0) is 32.0 Å². The number of hydrogen-bond acceptors (Lipinski definition) is 5. The minimum Gasteiger partial charge on any atom is -0.306 e. The third kappa shape index (κ3) is 3.44. The molecule has 0 aliphatic carbocycles. The maximum absolute atomic E-state index is 13.0. The minimum atomic E-state index is -1.06. The van der Waals surface area contributed by atoms with E-state index in [0.717, 1.165) is 16.8 Å². The highest BCUT2D eigenvalue weighted by Crippen LogP contribution is 2.32. The standard InChI is InChI=1S/C20H18N4O4S/c1-12-6-8-14(9-7-12)23-19(16-10-29(28)11-17(16)22-23)21-20(25)15-4-3-5-18(13(15)2)24(26)27/h3-9H,10-11H2,1-2H3,(H,21,25). The molecule has 9 heteroatoms. The molecule has 1 aliphatic heterocycles. The highest BCUT2D eigenvalue weighted by molar-refractivity contribution is 7.83. The summed E-state index contributed by atoms with van der Waals surface area (Å²) in [4.78, 5) is 23.7. The number of aryl methyl sites for hydroxylation is 1. The van der Waals surface area contributed by atoms with Crippen LogP contribution in [0, 0.1) is 24.0 Å². The normalized spacial score (nSPS) is 15.2. The van der Waals surface area contributed by atoms with Crippen molar-refractivity contribution in [2.75, 3.05) is 5.32 Å². The molecule has 1 N–H and O–H groups in total. The van der Waals surface area contributed by atoms with Gasteiger partial charge in [-0.3, -0.25) is 19.1 Å². The van der Waals surface area contributed by atoms with Crippen LogP contribution in [-0.4, -0.2) is 24.8 Å². The first kappa shape index (κ1) is 19.0. The van der Waals surface area contributed by atoms with Crippen molar-refractivity contribution < 1.29 is 13.9 Å². The van der Waals surface area contributed by atoms with Gasteiger partial charge in [0.15, 0.2) is 0 Å². The molecule has 2 aromatic carbocycles. The number of nitrogens with one attached hydrogen (secondary N) is 1. The van der Waals surface area contributed by atoms with Crippen molar-refractivity contribution in [1.82, 2.24) is 9.78 Å². The second-order valence-corrected chi connectivity index (χ2v) is 8.37. The van der Waals surface area contributed by atoms with Gasteiger partial charge in [0, 0.05) is 33.6 Å². The van der Waals surface area contributed by atoms with Gasteiger partial charge in [-0.25, -0.2) is 4.68 Å². The topological polar surface area (TPSA) is 107 Å². The number of benzene rings is 2. The van der Waals surface area contributed by atoms with Gasteiger partial charge in [0.2, 0.25) is 0 Å². The first-order valence-corrected chi connectivity index (χ1v) is 10.4. The molecule has 1 atom stereocenters. The summed E-state index contributed by atoms with van der Waals surface area (Å²) in [5.41, 5.74) is 3.67. The Bertz CT molecular complexity index is 1170. The quantitative estimate of drug-likeness (QED) is 0.524. The lowest BCUT2D eigenvalue weighted by Gasteiger charge is -2.12. The Hall–Kier alpha value is -3.33. The van der Waals surface area contributed by atoms with Crippen molar-refractivity contribution in [2.24, 2.45) is 0 Å². The van der Waals surface area contributed by atoms with Crippen LogP contribution in [0.15, 0.2) is 42.5 Å². The lowest BCUT2D eigenvalue weighted by molar-refractivity contribution is -0.385. The number of amides is 1. The molecule has 3 aromatic rings. The molecule has 1 aromatic heterocycles. The number of carbonyl (C=O) groups excluding carboxylic acids is 1. The number of hydrogen-bond donors (Lipinski definition) is 1.